The molecule has 1 aliphatic heterocycles. The standard InChI is InChI=1S/C27H25F4N5O/c1-17-7-8-19(13-18(17)2)22-14-24(27(29,30)31)36-25(32-22)15-23(33-36)26(37)35-11-9-34(10-12-35)16-20-5-3-4-6-21(20)28/h3-8,13-15H,9-12,16H2,1-2H3. The van der Waals surface area contributed by atoms with Gasteiger partial charge in [0.2, 0.25) is 0 Å². The topological polar surface area (TPSA) is 53.7 Å². The second-order valence-corrected chi connectivity index (χ2v) is 9.28. The molecule has 2 aromatic carbocycles. The molecule has 0 unspecified atom stereocenters. The van der Waals surface area contributed by atoms with Gasteiger partial charge in [-0.3, -0.25) is 9.69 Å². The summed E-state index contributed by atoms with van der Waals surface area (Å²) in [7, 11) is 0. The van der Waals surface area contributed by atoms with Crippen molar-refractivity contribution in [3.8, 4) is 11.3 Å². The second kappa shape index (κ2) is 9.59. The maximum Gasteiger partial charge on any atom is 0.433 e. The highest BCUT2D eigenvalue weighted by Gasteiger charge is 2.36. The van der Waals surface area contributed by atoms with Gasteiger partial charge in [-0.1, -0.05) is 30.3 Å². The van der Waals surface area contributed by atoms with Crippen LogP contribution in [0.1, 0.15) is 32.9 Å². The Labute approximate surface area is 211 Å². The van der Waals surface area contributed by atoms with E-state index < -0.39 is 17.8 Å². The summed E-state index contributed by atoms with van der Waals surface area (Å²) in [5, 5.41) is 4.00. The molecule has 0 bridgehead atoms. The van der Waals surface area contributed by atoms with E-state index in [1.54, 1.807) is 35.2 Å². The molecule has 6 nitrogen and oxygen atoms in total. The maximum absolute atomic E-state index is 14.0. The van der Waals surface area contributed by atoms with Crippen molar-refractivity contribution in [2.45, 2.75) is 26.6 Å². The van der Waals surface area contributed by atoms with Gasteiger partial charge in [0, 0.05) is 49.9 Å². The molecule has 2 aromatic heterocycles. The summed E-state index contributed by atoms with van der Waals surface area (Å²) in [5.41, 5.74) is 2.09. The lowest BCUT2D eigenvalue weighted by atomic mass is 10.0. The highest BCUT2D eigenvalue weighted by molar-refractivity contribution is 5.93. The predicted octanol–water partition coefficient (Wildman–Crippen LogP) is 5.13. The van der Waals surface area contributed by atoms with E-state index in [-0.39, 0.29) is 22.9 Å². The molecular formula is C27H25F4N5O. The number of carbonyl (C=O) groups is 1. The van der Waals surface area contributed by atoms with Gasteiger partial charge in [-0.2, -0.15) is 18.3 Å². The Morgan fingerprint density at radius 3 is 2.35 bits per heavy atom. The number of alkyl halides is 3. The fraction of sp³-hybridized carbons (Fsp3) is 0.296. The normalized spacial score (nSPS) is 14.9. The van der Waals surface area contributed by atoms with E-state index in [9.17, 15) is 22.4 Å². The number of aryl methyl sites for hydroxylation is 2. The SMILES string of the molecule is Cc1ccc(-c2cc(C(F)(F)F)n3nc(C(=O)N4CCN(Cc5ccccc5F)CC4)cc3n2)cc1C. The molecule has 0 N–H and O–H groups in total. The average molecular weight is 512 g/mol. The predicted molar refractivity (Wildman–Crippen MR) is 130 cm³/mol. The molecule has 4 aromatic rings. The van der Waals surface area contributed by atoms with Crippen LogP contribution in [0.2, 0.25) is 0 Å². The van der Waals surface area contributed by atoms with Crippen LogP contribution in [0.3, 0.4) is 0 Å². The molecule has 1 fully saturated rings. The molecule has 0 atom stereocenters. The fourth-order valence-corrected chi connectivity index (χ4v) is 4.47. The minimum atomic E-state index is -4.69. The first-order valence-electron chi connectivity index (χ1n) is 11.9. The Hall–Kier alpha value is -3.79. The summed E-state index contributed by atoms with van der Waals surface area (Å²) < 4.78 is 56.5. The third-order valence-electron chi connectivity index (χ3n) is 6.75. The molecule has 1 saturated heterocycles. The molecule has 10 heteroatoms. The second-order valence-electron chi connectivity index (χ2n) is 9.28. The van der Waals surface area contributed by atoms with Crippen molar-refractivity contribution in [1.29, 1.82) is 0 Å². The first kappa shape index (κ1) is 24.9. The van der Waals surface area contributed by atoms with Crippen LogP contribution in [0.5, 0.6) is 0 Å². The Kier molecular flexibility index (Phi) is 6.45. The Bertz CT molecular complexity index is 1470. The number of piperazine rings is 1. The van der Waals surface area contributed by atoms with Crippen LogP contribution in [0.15, 0.2) is 54.6 Å². The monoisotopic (exact) mass is 511 g/mol. The minimum Gasteiger partial charge on any atom is -0.335 e. The summed E-state index contributed by atoms with van der Waals surface area (Å²) >= 11 is 0. The smallest absolute Gasteiger partial charge is 0.335 e. The van der Waals surface area contributed by atoms with E-state index in [0.717, 1.165) is 17.2 Å². The van der Waals surface area contributed by atoms with E-state index in [0.29, 0.717) is 48.4 Å². The Balaban J connectivity index is 1.39. The molecule has 0 radical (unpaired) electrons. The summed E-state index contributed by atoms with van der Waals surface area (Å²) in [6.45, 7) is 5.96. The van der Waals surface area contributed by atoms with Gasteiger partial charge in [-0.25, -0.2) is 13.9 Å². The van der Waals surface area contributed by atoms with Gasteiger partial charge >= 0.3 is 6.18 Å². The van der Waals surface area contributed by atoms with E-state index in [2.05, 4.69) is 10.1 Å². The molecule has 1 aliphatic rings. The Morgan fingerprint density at radius 2 is 1.68 bits per heavy atom. The average Bonchev–Trinajstić information content (AvgIpc) is 3.30. The number of fused-ring (bicyclic) bond motifs is 1. The molecule has 5 rings (SSSR count). The molecule has 1 amide bonds. The number of hydrogen-bond donors (Lipinski definition) is 0. The van der Waals surface area contributed by atoms with Gasteiger partial charge in [0.1, 0.15) is 5.82 Å². The third-order valence-corrected chi connectivity index (χ3v) is 6.75. The number of amides is 1. The van der Waals surface area contributed by atoms with E-state index in [4.69, 9.17) is 0 Å². The van der Waals surface area contributed by atoms with Crippen LogP contribution in [-0.2, 0) is 12.7 Å². The van der Waals surface area contributed by atoms with Crippen LogP contribution in [0.4, 0.5) is 17.6 Å². The third kappa shape index (κ3) is 5.06. The lowest BCUT2D eigenvalue weighted by Gasteiger charge is -2.34. The van der Waals surface area contributed by atoms with Crippen LogP contribution in [-0.4, -0.2) is 56.5 Å². The maximum atomic E-state index is 14.0. The van der Waals surface area contributed by atoms with Crippen molar-refractivity contribution in [3.05, 3.63) is 88.5 Å². The summed E-state index contributed by atoms with van der Waals surface area (Å²) in [5.74, 6) is -0.740. The van der Waals surface area contributed by atoms with Gasteiger partial charge in [-0.15, -0.1) is 0 Å². The number of carbonyl (C=O) groups excluding carboxylic acids is 1. The van der Waals surface area contributed by atoms with Crippen LogP contribution >= 0.6 is 0 Å². The van der Waals surface area contributed by atoms with Gasteiger partial charge in [0.25, 0.3) is 5.91 Å². The summed E-state index contributed by atoms with van der Waals surface area (Å²) in [6, 6.07) is 14.1. The van der Waals surface area contributed by atoms with Gasteiger partial charge in [0.15, 0.2) is 17.0 Å². The number of aromatic nitrogens is 3. The molecule has 0 aliphatic carbocycles. The lowest BCUT2D eigenvalue weighted by molar-refractivity contribution is -0.142. The van der Waals surface area contributed by atoms with Crippen molar-refractivity contribution < 1.29 is 22.4 Å². The van der Waals surface area contributed by atoms with Crippen LogP contribution in [0.25, 0.3) is 16.9 Å². The van der Waals surface area contributed by atoms with Crippen LogP contribution in [0, 0.1) is 19.7 Å². The van der Waals surface area contributed by atoms with Crippen molar-refractivity contribution in [1.82, 2.24) is 24.4 Å². The van der Waals surface area contributed by atoms with Crippen molar-refractivity contribution in [2.75, 3.05) is 26.2 Å². The van der Waals surface area contributed by atoms with Crippen molar-refractivity contribution >= 4 is 11.6 Å². The number of nitrogens with zero attached hydrogens (tertiary/aromatic N) is 5. The van der Waals surface area contributed by atoms with Crippen molar-refractivity contribution in [2.24, 2.45) is 0 Å². The van der Waals surface area contributed by atoms with Gasteiger partial charge in [-0.05, 0) is 43.2 Å². The van der Waals surface area contributed by atoms with E-state index >= 15 is 0 Å². The van der Waals surface area contributed by atoms with E-state index in [1.165, 1.54) is 12.1 Å². The van der Waals surface area contributed by atoms with Gasteiger partial charge in [0.05, 0.1) is 5.69 Å². The zero-order chi connectivity index (χ0) is 26.3. The number of hydrogen-bond acceptors (Lipinski definition) is 4. The molecule has 3 heterocycles. The molecule has 37 heavy (non-hydrogen) atoms. The summed E-state index contributed by atoms with van der Waals surface area (Å²) in [6.07, 6.45) is -4.69. The number of rotatable bonds is 4. The molecule has 0 saturated carbocycles. The molecular weight excluding hydrogens is 486 g/mol. The van der Waals surface area contributed by atoms with Gasteiger partial charge < -0.3 is 4.90 Å². The lowest BCUT2D eigenvalue weighted by Crippen LogP contribution is -2.48. The van der Waals surface area contributed by atoms with Crippen LogP contribution < -0.4 is 0 Å². The first-order chi connectivity index (χ1) is 17.6. The quantitative estimate of drug-likeness (QED) is 0.357. The molecule has 192 valence electrons. The molecule has 0 spiro atoms. The van der Waals surface area contributed by atoms with Crippen molar-refractivity contribution in [3.63, 3.8) is 0 Å². The first-order valence-corrected chi connectivity index (χ1v) is 11.9. The highest BCUT2D eigenvalue weighted by Crippen LogP contribution is 2.33. The highest BCUT2D eigenvalue weighted by atomic mass is 19.4. The number of halogens is 4. The number of benzene rings is 2. The zero-order valence-electron chi connectivity index (χ0n) is 20.4. The summed E-state index contributed by atoms with van der Waals surface area (Å²) in [4.78, 5) is 21.1. The zero-order valence-corrected chi connectivity index (χ0v) is 20.4. The minimum absolute atomic E-state index is 0.0513. The van der Waals surface area contributed by atoms with E-state index in [1.807, 2.05) is 24.8 Å². The fourth-order valence-electron chi connectivity index (χ4n) is 4.47. The largest absolute Gasteiger partial charge is 0.433 e. The Morgan fingerprint density at radius 1 is 0.946 bits per heavy atom.